The van der Waals surface area contributed by atoms with Crippen molar-refractivity contribution in [2.75, 3.05) is 5.73 Å². The minimum Gasteiger partial charge on any atom is -0.397 e. The van der Waals surface area contributed by atoms with Gasteiger partial charge in [0.2, 0.25) is 5.78 Å². The van der Waals surface area contributed by atoms with Crippen molar-refractivity contribution >= 4 is 49.0 Å². The van der Waals surface area contributed by atoms with Gasteiger partial charge < -0.3 is 5.73 Å². The summed E-state index contributed by atoms with van der Waals surface area (Å²) in [4.78, 5) is 19.2. The van der Waals surface area contributed by atoms with Crippen molar-refractivity contribution in [1.29, 1.82) is 0 Å². The highest BCUT2D eigenvalue weighted by Crippen LogP contribution is 2.40. The van der Waals surface area contributed by atoms with Crippen LogP contribution in [0.4, 0.5) is 5.69 Å². The average molecular weight is 401 g/mol. The Hall–Kier alpha value is -1.72. The Kier molecular flexibility index (Phi) is 3.93. The number of ketones is 1. The summed E-state index contributed by atoms with van der Waals surface area (Å²) in [6.45, 7) is 2.06. The van der Waals surface area contributed by atoms with Gasteiger partial charge in [0.1, 0.15) is 9.71 Å². The average Bonchev–Trinajstić information content (AvgIpc) is 2.91. The number of nitrogens with two attached hydrogens (primary N) is 1. The molecule has 0 aliphatic heterocycles. The maximum absolute atomic E-state index is 13.0. The topological polar surface area (TPSA) is 56.0 Å². The second-order valence-electron chi connectivity index (χ2n) is 6.20. The normalized spacial score (nSPS) is 13.9. The lowest BCUT2D eigenvalue weighted by Crippen LogP contribution is -2.08. The van der Waals surface area contributed by atoms with E-state index in [0.29, 0.717) is 16.1 Å². The number of aromatic nitrogens is 1. The predicted molar refractivity (Wildman–Crippen MR) is 103 cm³/mol. The van der Waals surface area contributed by atoms with Gasteiger partial charge in [-0.2, -0.15) is 0 Å². The number of benzene rings is 1. The number of aryl methyl sites for hydroxylation is 2. The molecule has 0 bridgehead atoms. The van der Waals surface area contributed by atoms with Gasteiger partial charge in [-0.05, 0) is 55.9 Å². The number of nitrogens with zero attached hydrogens (tertiary/aromatic N) is 1. The Balaban J connectivity index is 1.94. The number of nitrogen functional groups attached to an aromatic ring is 1. The number of halogens is 1. The molecule has 122 valence electrons. The van der Waals surface area contributed by atoms with Gasteiger partial charge in [-0.3, -0.25) is 4.79 Å². The van der Waals surface area contributed by atoms with Gasteiger partial charge in [0.25, 0.3) is 0 Å². The van der Waals surface area contributed by atoms with E-state index in [2.05, 4.69) is 22.9 Å². The number of anilines is 1. The zero-order valence-electron chi connectivity index (χ0n) is 13.4. The van der Waals surface area contributed by atoms with E-state index in [-0.39, 0.29) is 5.78 Å². The third-order valence-electron chi connectivity index (χ3n) is 4.73. The molecule has 2 aromatic heterocycles. The summed E-state index contributed by atoms with van der Waals surface area (Å²) in [5.41, 5.74) is 11.4. The first kappa shape index (κ1) is 15.8. The molecule has 0 amide bonds. The fourth-order valence-corrected chi connectivity index (χ4v) is 5.13. The number of carbonyl (C=O) groups excluding carboxylic acids is 1. The number of hydrogen-bond donors (Lipinski definition) is 1. The van der Waals surface area contributed by atoms with E-state index in [0.717, 1.165) is 33.2 Å². The largest absolute Gasteiger partial charge is 0.397 e. The van der Waals surface area contributed by atoms with E-state index in [4.69, 9.17) is 10.7 Å². The van der Waals surface area contributed by atoms with Gasteiger partial charge in [-0.1, -0.05) is 28.1 Å². The van der Waals surface area contributed by atoms with E-state index < -0.39 is 0 Å². The molecule has 1 aromatic carbocycles. The molecule has 0 unspecified atom stereocenters. The molecule has 0 atom stereocenters. The molecule has 4 rings (SSSR count). The number of thiophene rings is 1. The van der Waals surface area contributed by atoms with Gasteiger partial charge in [0.05, 0.1) is 5.69 Å². The lowest BCUT2D eigenvalue weighted by Gasteiger charge is -2.18. The zero-order chi connectivity index (χ0) is 16.8. The third kappa shape index (κ3) is 2.38. The van der Waals surface area contributed by atoms with Crippen molar-refractivity contribution in [3.63, 3.8) is 0 Å². The Morgan fingerprint density at radius 2 is 1.92 bits per heavy atom. The van der Waals surface area contributed by atoms with Crippen LogP contribution in [-0.4, -0.2) is 10.8 Å². The molecular weight excluding hydrogens is 384 g/mol. The number of pyridine rings is 1. The molecule has 3 aromatic rings. The summed E-state index contributed by atoms with van der Waals surface area (Å²) in [6, 6.07) is 7.47. The molecule has 0 fully saturated rings. The van der Waals surface area contributed by atoms with Crippen LogP contribution in [0, 0.1) is 6.92 Å². The summed E-state index contributed by atoms with van der Waals surface area (Å²) in [7, 11) is 0. The van der Waals surface area contributed by atoms with Crippen LogP contribution in [0.3, 0.4) is 0 Å². The van der Waals surface area contributed by atoms with Crippen molar-refractivity contribution in [3.05, 3.63) is 56.0 Å². The number of hydrogen-bond acceptors (Lipinski definition) is 4. The highest BCUT2D eigenvalue weighted by atomic mass is 79.9. The second-order valence-corrected chi connectivity index (χ2v) is 8.05. The van der Waals surface area contributed by atoms with Crippen molar-refractivity contribution in [3.8, 4) is 0 Å². The van der Waals surface area contributed by atoms with Gasteiger partial charge >= 0.3 is 0 Å². The van der Waals surface area contributed by atoms with Crippen molar-refractivity contribution in [1.82, 2.24) is 4.98 Å². The molecule has 24 heavy (non-hydrogen) atoms. The van der Waals surface area contributed by atoms with E-state index in [1.807, 2.05) is 24.3 Å². The second kappa shape index (κ2) is 5.97. The van der Waals surface area contributed by atoms with Crippen LogP contribution in [0.2, 0.25) is 0 Å². The quantitative estimate of drug-likeness (QED) is 0.611. The molecule has 2 heterocycles. The van der Waals surface area contributed by atoms with Crippen LogP contribution in [0.5, 0.6) is 0 Å². The summed E-state index contributed by atoms with van der Waals surface area (Å²) in [6.07, 6.45) is 4.47. The lowest BCUT2D eigenvalue weighted by molar-refractivity contribution is 0.104. The monoisotopic (exact) mass is 400 g/mol. The SMILES string of the molecule is Cc1nc2sc(C(=O)c3ccccc3Br)c(N)c2c2c1CCCC2. The van der Waals surface area contributed by atoms with Crippen LogP contribution < -0.4 is 5.73 Å². The summed E-state index contributed by atoms with van der Waals surface area (Å²) in [5.74, 6) is -0.0369. The molecule has 0 radical (unpaired) electrons. The van der Waals surface area contributed by atoms with Crippen LogP contribution in [-0.2, 0) is 12.8 Å². The van der Waals surface area contributed by atoms with Crippen LogP contribution in [0.1, 0.15) is 44.9 Å². The molecule has 0 saturated carbocycles. The van der Waals surface area contributed by atoms with Crippen molar-refractivity contribution < 1.29 is 4.79 Å². The molecule has 5 heteroatoms. The first-order valence-electron chi connectivity index (χ1n) is 8.07. The molecule has 2 N–H and O–H groups in total. The predicted octanol–water partition coefficient (Wildman–Crippen LogP) is 5.06. The zero-order valence-corrected chi connectivity index (χ0v) is 15.8. The van der Waals surface area contributed by atoms with Crippen LogP contribution in [0.15, 0.2) is 28.7 Å². The molecule has 0 spiro atoms. The number of carbonyl (C=O) groups is 1. The van der Waals surface area contributed by atoms with Gasteiger partial charge in [-0.25, -0.2) is 4.98 Å². The first-order valence-corrected chi connectivity index (χ1v) is 9.68. The number of rotatable bonds is 2. The molecule has 1 aliphatic rings. The van der Waals surface area contributed by atoms with Gasteiger partial charge in [-0.15, -0.1) is 11.3 Å². The first-order chi connectivity index (χ1) is 11.6. The third-order valence-corrected chi connectivity index (χ3v) is 6.52. The summed E-state index contributed by atoms with van der Waals surface area (Å²) >= 11 is 4.88. The number of fused-ring (bicyclic) bond motifs is 3. The lowest BCUT2D eigenvalue weighted by atomic mass is 9.89. The van der Waals surface area contributed by atoms with Gasteiger partial charge in [0.15, 0.2) is 0 Å². The smallest absolute Gasteiger partial charge is 0.206 e. The minimum absolute atomic E-state index is 0.0369. The Morgan fingerprint density at radius 1 is 1.21 bits per heavy atom. The summed E-state index contributed by atoms with van der Waals surface area (Å²) < 4.78 is 0.790. The van der Waals surface area contributed by atoms with Crippen molar-refractivity contribution in [2.45, 2.75) is 32.6 Å². The van der Waals surface area contributed by atoms with Gasteiger partial charge in [0, 0.05) is 21.1 Å². The van der Waals surface area contributed by atoms with E-state index in [1.54, 1.807) is 0 Å². The van der Waals surface area contributed by atoms with E-state index >= 15 is 0 Å². The fourth-order valence-electron chi connectivity index (χ4n) is 3.54. The maximum Gasteiger partial charge on any atom is 0.206 e. The molecule has 0 saturated heterocycles. The fraction of sp³-hybridized carbons (Fsp3) is 0.263. The molecule has 1 aliphatic carbocycles. The Labute approximate surface area is 153 Å². The van der Waals surface area contributed by atoms with Crippen LogP contribution >= 0.6 is 27.3 Å². The van der Waals surface area contributed by atoms with E-state index in [9.17, 15) is 4.79 Å². The Morgan fingerprint density at radius 3 is 2.67 bits per heavy atom. The standard InChI is InChI=1S/C19H17BrN2OS/c1-10-11-6-2-3-7-12(11)15-16(21)18(24-19(15)22-10)17(23)13-8-4-5-9-14(13)20/h4-5,8-9H,2-3,6-7,21H2,1H3. The van der Waals surface area contributed by atoms with Crippen LogP contribution in [0.25, 0.3) is 10.2 Å². The molecular formula is C19H17BrN2OS. The summed E-state index contributed by atoms with van der Waals surface area (Å²) in [5, 5.41) is 1.01. The van der Waals surface area contributed by atoms with E-state index in [1.165, 1.54) is 35.3 Å². The minimum atomic E-state index is -0.0369. The Bertz CT molecular complexity index is 977. The molecule has 3 nitrogen and oxygen atoms in total. The highest BCUT2D eigenvalue weighted by Gasteiger charge is 2.25. The van der Waals surface area contributed by atoms with Crippen molar-refractivity contribution in [2.24, 2.45) is 0 Å². The highest BCUT2D eigenvalue weighted by molar-refractivity contribution is 9.10. The maximum atomic E-state index is 13.0.